The normalized spacial score (nSPS) is 40.0. The van der Waals surface area contributed by atoms with Crippen molar-refractivity contribution < 1.29 is 14.9 Å². The van der Waals surface area contributed by atoms with Crippen LogP contribution in [0.2, 0.25) is 0 Å². The average molecular weight is 255 g/mol. The van der Waals surface area contributed by atoms with Crippen LogP contribution in [0, 0.1) is 5.41 Å². The number of nitrogens with zero attached hydrogens (tertiary/aromatic N) is 1. The number of fused-ring (bicyclic) bond motifs is 2. The van der Waals surface area contributed by atoms with Crippen molar-refractivity contribution in [2.75, 3.05) is 26.4 Å². The van der Waals surface area contributed by atoms with Crippen LogP contribution in [0.5, 0.6) is 0 Å². The Morgan fingerprint density at radius 3 is 2.28 bits per heavy atom. The highest BCUT2D eigenvalue weighted by molar-refractivity contribution is 4.98. The van der Waals surface area contributed by atoms with E-state index in [1.54, 1.807) is 0 Å². The highest BCUT2D eigenvalue weighted by Gasteiger charge is 2.44. The van der Waals surface area contributed by atoms with Gasteiger partial charge in [0.15, 0.2) is 0 Å². The summed E-state index contributed by atoms with van der Waals surface area (Å²) in [5, 5.41) is 19.6. The first-order valence-electron chi connectivity index (χ1n) is 7.35. The fourth-order valence-electron chi connectivity index (χ4n) is 4.06. The van der Waals surface area contributed by atoms with Crippen LogP contribution in [0.1, 0.15) is 38.5 Å². The molecule has 0 amide bonds. The number of aliphatic hydroxyl groups excluding tert-OH is 2. The molecule has 0 saturated carbocycles. The summed E-state index contributed by atoms with van der Waals surface area (Å²) in [5.74, 6) is 0. The van der Waals surface area contributed by atoms with Gasteiger partial charge >= 0.3 is 0 Å². The van der Waals surface area contributed by atoms with E-state index in [0.717, 1.165) is 45.4 Å². The molecule has 2 bridgehead atoms. The van der Waals surface area contributed by atoms with E-state index in [1.165, 1.54) is 12.8 Å². The molecule has 4 nitrogen and oxygen atoms in total. The zero-order valence-electron chi connectivity index (χ0n) is 11.1. The summed E-state index contributed by atoms with van der Waals surface area (Å²) in [5.41, 5.74) is 0.0430. The van der Waals surface area contributed by atoms with Crippen molar-refractivity contribution in [2.45, 2.75) is 56.7 Å². The number of hydrogen-bond donors (Lipinski definition) is 2. The van der Waals surface area contributed by atoms with Crippen LogP contribution in [-0.2, 0) is 4.74 Å². The summed E-state index contributed by atoms with van der Waals surface area (Å²) < 4.78 is 5.43. The van der Waals surface area contributed by atoms with Crippen LogP contribution in [0.15, 0.2) is 0 Å². The maximum Gasteiger partial charge on any atom is 0.0570 e. The molecule has 0 aromatic rings. The zero-order valence-corrected chi connectivity index (χ0v) is 11.1. The van der Waals surface area contributed by atoms with E-state index in [0.29, 0.717) is 12.1 Å². The minimum absolute atomic E-state index is 0.0430. The molecule has 3 aliphatic heterocycles. The molecule has 3 fully saturated rings. The van der Waals surface area contributed by atoms with Gasteiger partial charge in [-0.05, 0) is 38.5 Å². The van der Waals surface area contributed by atoms with Crippen molar-refractivity contribution in [3.8, 4) is 0 Å². The predicted octanol–water partition coefficient (Wildman–Crippen LogP) is 0.763. The fraction of sp³-hybridized carbons (Fsp3) is 1.00. The number of rotatable bonds is 3. The summed E-state index contributed by atoms with van der Waals surface area (Å²) in [6.07, 6.45) is 6.14. The molecule has 2 unspecified atom stereocenters. The zero-order chi connectivity index (χ0) is 12.6. The number of ether oxygens (including phenoxy) is 1. The lowest BCUT2D eigenvalue weighted by Gasteiger charge is -2.45. The third kappa shape index (κ3) is 2.31. The lowest BCUT2D eigenvalue weighted by atomic mass is 9.79. The highest BCUT2D eigenvalue weighted by atomic mass is 16.5. The molecule has 3 aliphatic rings. The van der Waals surface area contributed by atoms with E-state index < -0.39 is 0 Å². The molecule has 3 rings (SSSR count). The minimum atomic E-state index is -0.0986. The Balaban J connectivity index is 1.68. The Morgan fingerprint density at radius 2 is 1.72 bits per heavy atom. The second-order valence-corrected chi connectivity index (χ2v) is 6.45. The van der Waals surface area contributed by atoms with Crippen molar-refractivity contribution in [1.82, 2.24) is 4.90 Å². The molecule has 3 saturated heterocycles. The Bertz CT molecular complexity index is 277. The SMILES string of the molecule is OCC1(CN2C3CCC2CC(O)C3)CCOCC1. The molecule has 4 heteroatoms. The van der Waals surface area contributed by atoms with Gasteiger partial charge in [-0.1, -0.05) is 0 Å². The van der Waals surface area contributed by atoms with Gasteiger partial charge in [-0.15, -0.1) is 0 Å². The quantitative estimate of drug-likeness (QED) is 0.782. The lowest BCUT2D eigenvalue weighted by Crippen LogP contribution is -2.51. The molecule has 2 N–H and O–H groups in total. The van der Waals surface area contributed by atoms with Gasteiger partial charge < -0.3 is 14.9 Å². The van der Waals surface area contributed by atoms with Gasteiger partial charge in [-0.25, -0.2) is 0 Å². The van der Waals surface area contributed by atoms with Crippen LogP contribution < -0.4 is 0 Å². The third-order valence-electron chi connectivity index (χ3n) is 5.27. The van der Waals surface area contributed by atoms with Crippen LogP contribution in [-0.4, -0.2) is 59.7 Å². The van der Waals surface area contributed by atoms with Gasteiger partial charge in [0.05, 0.1) is 12.7 Å². The first-order valence-corrected chi connectivity index (χ1v) is 7.35. The van der Waals surface area contributed by atoms with E-state index in [-0.39, 0.29) is 18.1 Å². The summed E-state index contributed by atoms with van der Waals surface area (Å²) in [6, 6.07) is 1.09. The minimum Gasteiger partial charge on any atom is -0.396 e. The standard InChI is InChI=1S/C14H25NO3/c16-10-14(3-5-18-6-4-14)9-15-11-1-2-12(15)8-13(17)7-11/h11-13,16-17H,1-10H2. The molecule has 0 aromatic heterocycles. The monoisotopic (exact) mass is 255 g/mol. The molecule has 0 spiro atoms. The molecular weight excluding hydrogens is 230 g/mol. The van der Waals surface area contributed by atoms with Gasteiger partial charge in [0.2, 0.25) is 0 Å². The van der Waals surface area contributed by atoms with Crippen molar-refractivity contribution in [3.05, 3.63) is 0 Å². The molecule has 0 radical (unpaired) electrons. The van der Waals surface area contributed by atoms with Gasteiger partial charge in [0.25, 0.3) is 0 Å². The largest absolute Gasteiger partial charge is 0.396 e. The number of hydrogen-bond acceptors (Lipinski definition) is 4. The molecule has 3 heterocycles. The average Bonchev–Trinajstić information content (AvgIpc) is 2.62. The third-order valence-corrected chi connectivity index (χ3v) is 5.27. The molecular formula is C14H25NO3. The van der Waals surface area contributed by atoms with Crippen molar-refractivity contribution in [1.29, 1.82) is 0 Å². The molecule has 18 heavy (non-hydrogen) atoms. The van der Waals surface area contributed by atoms with Crippen molar-refractivity contribution >= 4 is 0 Å². The fourth-order valence-corrected chi connectivity index (χ4v) is 4.06. The van der Waals surface area contributed by atoms with Gasteiger partial charge in [0, 0.05) is 37.3 Å². The van der Waals surface area contributed by atoms with Crippen molar-refractivity contribution in [2.24, 2.45) is 5.41 Å². The summed E-state index contributed by atoms with van der Waals surface area (Å²) in [4.78, 5) is 2.58. The van der Waals surface area contributed by atoms with Crippen LogP contribution in [0.25, 0.3) is 0 Å². The maximum atomic E-state index is 9.84. The molecule has 104 valence electrons. The molecule has 2 atom stereocenters. The second-order valence-electron chi connectivity index (χ2n) is 6.45. The summed E-state index contributed by atoms with van der Waals surface area (Å²) >= 11 is 0. The molecule has 0 aromatic carbocycles. The Hall–Kier alpha value is -0.160. The number of piperidine rings is 1. The van der Waals surface area contributed by atoms with Crippen LogP contribution >= 0.6 is 0 Å². The predicted molar refractivity (Wildman–Crippen MR) is 68.3 cm³/mol. The second kappa shape index (κ2) is 5.08. The Kier molecular flexibility index (Phi) is 3.63. The number of aliphatic hydroxyl groups is 2. The van der Waals surface area contributed by atoms with Gasteiger partial charge in [-0.2, -0.15) is 0 Å². The Morgan fingerprint density at radius 1 is 1.11 bits per heavy atom. The first kappa shape index (κ1) is 12.9. The maximum absolute atomic E-state index is 9.84. The molecule has 0 aliphatic carbocycles. The van der Waals surface area contributed by atoms with E-state index in [9.17, 15) is 10.2 Å². The van der Waals surface area contributed by atoms with Gasteiger partial charge in [0.1, 0.15) is 0 Å². The van der Waals surface area contributed by atoms with E-state index in [2.05, 4.69) is 4.90 Å². The lowest BCUT2D eigenvalue weighted by molar-refractivity contribution is -0.0576. The van der Waals surface area contributed by atoms with E-state index in [1.807, 2.05) is 0 Å². The Labute approximate surface area is 109 Å². The van der Waals surface area contributed by atoms with Crippen molar-refractivity contribution in [3.63, 3.8) is 0 Å². The van der Waals surface area contributed by atoms with Gasteiger partial charge in [-0.3, -0.25) is 4.90 Å². The smallest absolute Gasteiger partial charge is 0.0570 e. The summed E-state index contributed by atoms with van der Waals surface area (Å²) in [6.45, 7) is 2.84. The highest BCUT2D eigenvalue weighted by Crippen LogP contribution is 2.40. The van der Waals surface area contributed by atoms with Crippen LogP contribution in [0.4, 0.5) is 0 Å². The first-order chi connectivity index (χ1) is 8.72. The van der Waals surface area contributed by atoms with E-state index >= 15 is 0 Å². The van der Waals surface area contributed by atoms with Crippen LogP contribution in [0.3, 0.4) is 0 Å². The van der Waals surface area contributed by atoms with E-state index in [4.69, 9.17) is 4.74 Å². The summed E-state index contributed by atoms with van der Waals surface area (Å²) in [7, 11) is 0. The topological polar surface area (TPSA) is 52.9 Å².